The van der Waals surface area contributed by atoms with Crippen molar-refractivity contribution in [1.82, 2.24) is 15.0 Å². The molecule has 2 heterocycles. The van der Waals surface area contributed by atoms with E-state index in [1.165, 1.54) is 55.6 Å². The van der Waals surface area contributed by atoms with E-state index in [-0.39, 0.29) is 0 Å². The predicted octanol–water partition coefficient (Wildman–Crippen LogP) is 13.1. The second-order valence-electron chi connectivity index (χ2n) is 15.2. The highest BCUT2D eigenvalue weighted by Crippen LogP contribution is 2.62. The summed E-state index contributed by atoms with van der Waals surface area (Å²) in [4.78, 5) is 15.5. The second kappa shape index (κ2) is 12.0. The van der Waals surface area contributed by atoms with Crippen LogP contribution in [-0.2, 0) is 5.41 Å². The summed E-state index contributed by atoms with van der Waals surface area (Å²) in [5.41, 5.74) is 17.2. The molecule has 12 rings (SSSR count). The van der Waals surface area contributed by atoms with Gasteiger partial charge in [0, 0.05) is 27.5 Å². The Balaban J connectivity index is 1.21. The smallest absolute Gasteiger partial charge is 0.164 e. The van der Waals surface area contributed by atoms with Crippen LogP contribution in [0.4, 0.5) is 0 Å². The number of benzene rings is 8. The van der Waals surface area contributed by atoms with Gasteiger partial charge >= 0.3 is 0 Å². The van der Waals surface area contributed by atoms with Crippen molar-refractivity contribution in [2.45, 2.75) is 12.3 Å². The molecule has 266 valence electrons. The molecular weight excluding hydrogens is 695 g/mol. The lowest BCUT2D eigenvalue weighted by molar-refractivity contribution is 0.668. The van der Waals surface area contributed by atoms with Crippen LogP contribution in [0, 0.1) is 6.92 Å². The van der Waals surface area contributed by atoms with E-state index in [1.807, 2.05) is 24.3 Å². The van der Waals surface area contributed by atoms with E-state index in [1.54, 1.807) is 0 Å². The van der Waals surface area contributed by atoms with Crippen LogP contribution >= 0.6 is 0 Å². The fourth-order valence-electron chi connectivity index (χ4n) is 9.58. The van der Waals surface area contributed by atoms with Crippen molar-refractivity contribution < 1.29 is 4.42 Å². The zero-order valence-corrected chi connectivity index (χ0v) is 31.1. The highest BCUT2D eigenvalue weighted by molar-refractivity contribution is 6.09. The summed E-state index contributed by atoms with van der Waals surface area (Å²) < 4.78 is 6.54. The van der Waals surface area contributed by atoms with E-state index in [4.69, 9.17) is 19.4 Å². The number of rotatable bonds is 3. The molecule has 1 spiro atoms. The molecule has 1 unspecified atom stereocenters. The summed E-state index contributed by atoms with van der Waals surface area (Å²) in [6.07, 6.45) is 0. The van der Waals surface area contributed by atoms with E-state index in [0.717, 1.165) is 44.2 Å². The van der Waals surface area contributed by atoms with Crippen LogP contribution in [-0.4, -0.2) is 15.0 Å². The van der Waals surface area contributed by atoms with Crippen LogP contribution in [0.5, 0.6) is 0 Å². The van der Waals surface area contributed by atoms with Gasteiger partial charge in [0.25, 0.3) is 0 Å². The van der Waals surface area contributed by atoms with Crippen LogP contribution in [0.2, 0.25) is 0 Å². The third kappa shape index (κ3) is 4.59. The first-order valence-electron chi connectivity index (χ1n) is 19.4. The summed E-state index contributed by atoms with van der Waals surface area (Å²) in [5, 5.41) is 2.23. The highest BCUT2D eigenvalue weighted by atomic mass is 16.3. The molecule has 2 aromatic heterocycles. The van der Waals surface area contributed by atoms with Crippen molar-refractivity contribution in [3.8, 4) is 67.5 Å². The van der Waals surface area contributed by atoms with E-state index in [2.05, 4.69) is 165 Å². The maximum absolute atomic E-state index is 6.54. The van der Waals surface area contributed by atoms with E-state index < -0.39 is 5.41 Å². The summed E-state index contributed by atoms with van der Waals surface area (Å²) in [6.45, 7) is 2.10. The Hall–Kier alpha value is -7.43. The molecule has 0 N–H and O–H groups in total. The third-order valence-corrected chi connectivity index (χ3v) is 12.0. The number of fused-ring (bicyclic) bond motifs is 15. The molecule has 0 amide bonds. The monoisotopic (exact) mass is 727 g/mol. The Labute approximate surface area is 329 Å². The van der Waals surface area contributed by atoms with Gasteiger partial charge in [-0.15, -0.1) is 0 Å². The van der Waals surface area contributed by atoms with Crippen LogP contribution in [0.1, 0.15) is 27.8 Å². The minimum atomic E-state index is -0.686. The van der Waals surface area contributed by atoms with Gasteiger partial charge in [-0.3, -0.25) is 0 Å². The van der Waals surface area contributed by atoms with Gasteiger partial charge in [-0.25, -0.2) is 15.0 Å². The van der Waals surface area contributed by atoms with Crippen molar-refractivity contribution in [3.63, 3.8) is 0 Å². The van der Waals surface area contributed by atoms with Crippen LogP contribution < -0.4 is 0 Å². The van der Waals surface area contributed by atoms with Gasteiger partial charge in [0.2, 0.25) is 0 Å². The predicted molar refractivity (Wildman–Crippen MR) is 230 cm³/mol. The van der Waals surface area contributed by atoms with E-state index in [9.17, 15) is 0 Å². The number of furan rings is 1. The maximum atomic E-state index is 6.54. The number of para-hydroxylation sites is 1. The largest absolute Gasteiger partial charge is 0.456 e. The average molecular weight is 728 g/mol. The van der Waals surface area contributed by atoms with Gasteiger partial charge in [0.1, 0.15) is 11.2 Å². The zero-order chi connectivity index (χ0) is 37.7. The number of hydrogen-bond acceptors (Lipinski definition) is 4. The minimum Gasteiger partial charge on any atom is -0.456 e. The SMILES string of the molecule is Cc1cccc(-c2nc(-c3ccccc3)nc(-c3ccc4c(c3)C3(c5ccccc5-c5ccccc5-4)c4ccccc4-c4cc5oc6ccccc6c5cc43)n2)c1. The van der Waals surface area contributed by atoms with Crippen molar-refractivity contribution in [2.24, 2.45) is 0 Å². The molecule has 0 saturated carbocycles. The summed E-state index contributed by atoms with van der Waals surface area (Å²) in [7, 11) is 0. The molecule has 0 bridgehead atoms. The van der Waals surface area contributed by atoms with Crippen LogP contribution in [0.15, 0.2) is 186 Å². The Morgan fingerprint density at radius 1 is 0.351 bits per heavy atom. The molecule has 0 radical (unpaired) electrons. The quantitative estimate of drug-likeness (QED) is 0.182. The van der Waals surface area contributed by atoms with Crippen LogP contribution in [0.3, 0.4) is 0 Å². The van der Waals surface area contributed by atoms with Gasteiger partial charge in [-0.05, 0) is 92.9 Å². The topological polar surface area (TPSA) is 51.8 Å². The van der Waals surface area contributed by atoms with Crippen molar-refractivity contribution >= 4 is 21.9 Å². The van der Waals surface area contributed by atoms with Gasteiger partial charge in [0.15, 0.2) is 17.5 Å². The highest BCUT2D eigenvalue weighted by Gasteiger charge is 2.50. The fraction of sp³-hybridized carbons (Fsp3) is 0.0377. The molecule has 10 aromatic rings. The molecule has 0 saturated heterocycles. The Bertz CT molecular complexity index is 3270. The third-order valence-electron chi connectivity index (χ3n) is 12.0. The molecule has 2 aliphatic carbocycles. The second-order valence-corrected chi connectivity index (χ2v) is 15.2. The number of hydrogen-bond donors (Lipinski definition) is 0. The molecule has 4 nitrogen and oxygen atoms in total. The minimum absolute atomic E-state index is 0.631. The van der Waals surface area contributed by atoms with Gasteiger partial charge in [0.05, 0.1) is 5.41 Å². The number of nitrogens with zero attached hydrogens (tertiary/aromatic N) is 3. The molecule has 8 aromatic carbocycles. The average Bonchev–Trinajstić information content (AvgIpc) is 3.75. The zero-order valence-electron chi connectivity index (χ0n) is 31.1. The summed E-state index contributed by atoms with van der Waals surface area (Å²) in [6, 6.07) is 65.2. The van der Waals surface area contributed by atoms with Crippen molar-refractivity contribution in [2.75, 3.05) is 0 Å². The first kappa shape index (κ1) is 31.9. The van der Waals surface area contributed by atoms with E-state index in [0.29, 0.717) is 17.5 Å². The first-order valence-corrected chi connectivity index (χ1v) is 19.4. The lowest BCUT2D eigenvalue weighted by Crippen LogP contribution is -2.29. The molecule has 4 heteroatoms. The summed E-state index contributed by atoms with van der Waals surface area (Å²) in [5.74, 6) is 1.92. The molecule has 0 fully saturated rings. The Kier molecular flexibility index (Phi) is 6.73. The molecule has 0 aliphatic heterocycles. The fourth-order valence-corrected chi connectivity index (χ4v) is 9.58. The molecule has 2 aliphatic rings. The Morgan fingerprint density at radius 2 is 0.895 bits per heavy atom. The van der Waals surface area contributed by atoms with Gasteiger partial charge in [-0.1, -0.05) is 157 Å². The summed E-state index contributed by atoms with van der Waals surface area (Å²) >= 11 is 0. The van der Waals surface area contributed by atoms with Crippen molar-refractivity contribution in [3.05, 3.63) is 210 Å². The Morgan fingerprint density at radius 3 is 1.61 bits per heavy atom. The van der Waals surface area contributed by atoms with Gasteiger partial charge < -0.3 is 4.42 Å². The lowest BCUT2D eigenvalue weighted by atomic mass is 9.65. The number of aromatic nitrogens is 3. The molecule has 57 heavy (non-hydrogen) atoms. The normalized spacial score (nSPS) is 14.8. The van der Waals surface area contributed by atoms with Gasteiger partial charge in [-0.2, -0.15) is 0 Å². The van der Waals surface area contributed by atoms with E-state index >= 15 is 0 Å². The first-order chi connectivity index (χ1) is 28.1. The molecule has 1 atom stereocenters. The molecular formula is C53H33N3O. The standard InChI is InChI=1S/C53H33N3O/c1-32-14-13-17-34(28-32)51-54-50(33-15-3-2-4-16-33)55-52(56-51)35-26-27-40-37-19-6-5-18-36(37)38-20-7-10-23-44(38)53(46(40)29-35)45-24-11-8-21-39(45)42-31-49-43(30-47(42)53)41-22-9-12-25-48(41)57-49/h2-31H,1H3. The maximum Gasteiger partial charge on any atom is 0.164 e. The lowest BCUT2D eigenvalue weighted by Gasteiger charge is -2.35. The van der Waals surface area contributed by atoms with Crippen LogP contribution in [0.25, 0.3) is 89.5 Å². The number of aryl methyl sites for hydroxylation is 1. The van der Waals surface area contributed by atoms with Crippen molar-refractivity contribution in [1.29, 1.82) is 0 Å².